The van der Waals surface area contributed by atoms with Crippen LogP contribution in [0, 0.1) is 11.8 Å². The summed E-state index contributed by atoms with van der Waals surface area (Å²) in [6.07, 6.45) is 0.831. The average Bonchev–Trinajstić information content (AvgIpc) is 2.87. The summed E-state index contributed by atoms with van der Waals surface area (Å²) in [5.74, 6) is -1.20. The van der Waals surface area contributed by atoms with E-state index in [0.29, 0.717) is 29.5 Å². The van der Waals surface area contributed by atoms with E-state index in [2.05, 4.69) is 0 Å². The van der Waals surface area contributed by atoms with Crippen LogP contribution in [0.4, 0.5) is 0 Å². The minimum atomic E-state index is -0.864. The van der Waals surface area contributed by atoms with Crippen molar-refractivity contribution in [1.82, 2.24) is 4.90 Å². The molecule has 2 atom stereocenters. The molecule has 0 bridgehead atoms. The van der Waals surface area contributed by atoms with E-state index in [4.69, 9.17) is 16.3 Å². The average molecular weight is 326 g/mol. The molecule has 1 aliphatic rings. The van der Waals surface area contributed by atoms with E-state index in [1.165, 1.54) is 0 Å². The van der Waals surface area contributed by atoms with Crippen molar-refractivity contribution in [3.8, 4) is 5.75 Å². The number of likely N-dealkylation sites (tertiary alicyclic amines) is 1. The zero-order valence-corrected chi connectivity index (χ0v) is 13.5. The van der Waals surface area contributed by atoms with Crippen molar-refractivity contribution in [3.63, 3.8) is 0 Å². The van der Waals surface area contributed by atoms with Crippen molar-refractivity contribution < 1.29 is 19.4 Å². The van der Waals surface area contributed by atoms with Crippen molar-refractivity contribution >= 4 is 23.5 Å². The molecule has 1 aromatic rings. The van der Waals surface area contributed by atoms with Crippen molar-refractivity contribution in [2.24, 2.45) is 11.8 Å². The largest absolute Gasteiger partial charge is 0.493 e. The number of hydrogen-bond donors (Lipinski definition) is 1. The summed E-state index contributed by atoms with van der Waals surface area (Å²) in [6, 6.07) is 4.93. The van der Waals surface area contributed by atoms with Crippen molar-refractivity contribution in [1.29, 1.82) is 0 Å². The topological polar surface area (TPSA) is 66.8 Å². The summed E-state index contributed by atoms with van der Waals surface area (Å²) in [5.41, 5.74) is 0.388. The lowest BCUT2D eigenvalue weighted by Gasteiger charge is -2.18. The molecule has 0 radical (unpaired) electrons. The molecule has 5 nitrogen and oxygen atoms in total. The third-order valence-electron chi connectivity index (χ3n) is 3.85. The number of carboxylic acids is 1. The number of aliphatic carboxylic acids is 1. The fraction of sp³-hybridized carbons (Fsp3) is 0.500. The minimum absolute atomic E-state index is 0.0688. The van der Waals surface area contributed by atoms with Gasteiger partial charge in [-0.3, -0.25) is 9.59 Å². The third kappa shape index (κ3) is 3.53. The molecular formula is C16H20ClNO4. The predicted octanol–water partition coefficient (Wildman–Crippen LogP) is 2.92. The molecule has 0 saturated carbocycles. The molecule has 0 spiro atoms. The number of carbonyl (C=O) groups excluding carboxylic acids is 1. The lowest BCUT2D eigenvalue weighted by Crippen LogP contribution is -2.30. The maximum atomic E-state index is 12.7. The molecule has 1 N–H and O–H groups in total. The van der Waals surface area contributed by atoms with E-state index in [1.54, 1.807) is 23.1 Å². The molecule has 1 saturated heterocycles. The molecular weight excluding hydrogens is 306 g/mol. The molecule has 2 rings (SSSR count). The van der Waals surface area contributed by atoms with Gasteiger partial charge in [0.1, 0.15) is 5.75 Å². The van der Waals surface area contributed by atoms with Crippen molar-refractivity contribution in [2.45, 2.75) is 20.3 Å². The van der Waals surface area contributed by atoms with Gasteiger partial charge >= 0.3 is 5.97 Å². The Bertz CT molecular complexity index is 575. The minimum Gasteiger partial charge on any atom is -0.493 e. The second kappa shape index (κ2) is 7.01. The number of halogens is 1. The number of nitrogens with zero attached hydrogens (tertiary/aromatic N) is 1. The van der Waals surface area contributed by atoms with Crippen LogP contribution in [-0.2, 0) is 4.79 Å². The molecule has 1 amide bonds. The Hall–Kier alpha value is -1.75. The first-order chi connectivity index (χ1) is 10.4. The van der Waals surface area contributed by atoms with Crippen LogP contribution in [0.1, 0.15) is 30.6 Å². The SMILES string of the molecule is CCCOc1ccc(Cl)cc1C(=O)N1C[C@@H](C)[C@H](C(=O)O)C1. The predicted molar refractivity (Wildman–Crippen MR) is 83.4 cm³/mol. The van der Waals surface area contributed by atoms with Crippen LogP contribution >= 0.6 is 11.6 Å². The van der Waals surface area contributed by atoms with Crippen LogP contribution in [0.5, 0.6) is 5.75 Å². The van der Waals surface area contributed by atoms with Gasteiger partial charge in [-0.05, 0) is 30.5 Å². The van der Waals surface area contributed by atoms with Gasteiger partial charge in [0.05, 0.1) is 18.1 Å². The van der Waals surface area contributed by atoms with Crippen molar-refractivity contribution in [2.75, 3.05) is 19.7 Å². The summed E-state index contributed by atoms with van der Waals surface area (Å²) < 4.78 is 5.60. The summed E-state index contributed by atoms with van der Waals surface area (Å²) in [5, 5.41) is 9.64. The number of ether oxygens (including phenoxy) is 1. The van der Waals surface area contributed by atoms with Gasteiger partial charge < -0.3 is 14.7 Å². The Balaban J connectivity index is 2.22. The van der Waals surface area contributed by atoms with Crippen LogP contribution < -0.4 is 4.74 Å². The maximum Gasteiger partial charge on any atom is 0.308 e. The number of hydrogen-bond acceptors (Lipinski definition) is 3. The van der Waals surface area contributed by atoms with Crippen LogP contribution in [0.3, 0.4) is 0 Å². The maximum absolute atomic E-state index is 12.7. The standard InChI is InChI=1S/C16H20ClNO4/c1-3-6-22-14-5-4-11(17)7-12(14)15(19)18-8-10(2)13(9-18)16(20)21/h4-5,7,10,13H,3,6,8-9H2,1-2H3,(H,20,21)/t10-,13-/m1/s1. The molecule has 120 valence electrons. The van der Waals surface area contributed by atoms with Gasteiger partial charge in [-0.1, -0.05) is 25.4 Å². The van der Waals surface area contributed by atoms with E-state index >= 15 is 0 Å². The van der Waals surface area contributed by atoms with E-state index in [9.17, 15) is 14.7 Å². The fourth-order valence-corrected chi connectivity index (χ4v) is 2.80. The fourth-order valence-electron chi connectivity index (χ4n) is 2.63. The Kier molecular flexibility index (Phi) is 5.29. The molecule has 1 heterocycles. The lowest BCUT2D eigenvalue weighted by atomic mass is 9.99. The van der Waals surface area contributed by atoms with Gasteiger partial charge in [0.25, 0.3) is 5.91 Å². The van der Waals surface area contributed by atoms with Gasteiger partial charge in [0, 0.05) is 18.1 Å². The zero-order chi connectivity index (χ0) is 16.3. The smallest absolute Gasteiger partial charge is 0.308 e. The highest BCUT2D eigenvalue weighted by molar-refractivity contribution is 6.31. The van der Waals surface area contributed by atoms with Crippen molar-refractivity contribution in [3.05, 3.63) is 28.8 Å². The molecule has 0 aromatic heterocycles. The lowest BCUT2D eigenvalue weighted by molar-refractivity contribution is -0.142. The third-order valence-corrected chi connectivity index (χ3v) is 4.09. The molecule has 1 aromatic carbocycles. The first kappa shape index (κ1) is 16.6. The Labute approximate surface area is 134 Å². The van der Waals surface area contributed by atoms with Crippen LogP contribution in [0.2, 0.25) is 5.02 Å². The number of carbonyl (C=O) groups is 2. The zero-order valence-electron chi connectivity index (χ0n) is 12.7. The summed E-state index contributed by atoms with van der Waals surface area (Å²) >= 11 is 5.99. The van der Waals surface area contributed by atoms with Crippen LogP contribution in [-0.4, -0.2) is 41.6 Å². The number of benzene rings is 1. The van der Waals surface area contributed by atoms with Gasteiger partial charge in [0.2, 0.25) is 0 Å². The molecule has 6 heteroatoms. The highest BCUT2D eigenvalue weighted by Gasteiger charge is 2.37. The van der Waals surface area contributed by atoms with E-state index in [0.717, 1.165) is 6.42 Å². The van der Waals surface area contributed by atoms with Gasteiger partial charge in [0.15, 0.2) is 0 Å². The monoisotopic (exact) mass is 325 g/mol. The molecule has 22 heavy (non-hydrogen) atoms. The highest BCUT2D eigenvalue weighted by atomic mass is 35.5. The highest BCUT2D eigenvalue weighted by Crippen LogP contribution is 2.29. The van der Waals surface area contributed by atoms with Crippen LogP contribution in [0.25, 0.3) is 0 Å². The molecule has 1 aliphatic heterocycles. The van der Waals surface area contributed by atoms with Gasteiger partial charge in [-0.2, -0.15) is 0 Å². The van der Waals surface area contributed by atoms with E-state index < -0.39 is 11.9 Å². The molecule has 0 aliphatic carbocycles. The van der Waals surface area contributed by atoms with Gasteiger partial charge in [-0.15, -0.1) is 0 Å². The summed E-state index contributed by atoms with van der Waals surface area (Å²) in [6.45, 7) is 4.98. The Morgan fingerprint density at radius 2 is 2.14 bits per heavy atom. The first-order valence-corrected chi connectivity index (χ1v) is 7.76. The number of amides is 1. The quantitative estimate of drug-likeness (QED) is 0.904. The Morgan fingerprint density at radius 1 is 1.41 bits per heavy atom. The Morgan fingerprint density at radius 3 is 2.73 bits per heavy atom. The van der Waals surface area contributed by atoms with E-state index in [-0.39, 0.29) is 18.4 Å². The summed E-state index contributed by atoms with van der Waals surface area (Å²) in [4.78, 5) is 25.4. The second-order valence-electron chi connectivity index (χ2n) is 5.62. The number of rotatable bonds is 5. The van der Waals surface area contributed by atoms with E-state index in [1.807, 2.05) is 13.8 Å². The first-order valence-electron chi connectivity index (χ1n) is 7.38. The second-order valence-corrected chi connectivity index (χ2v) is 6.06. The number of carboxylic acid groups (broad SMARTS) is 1. The normalized spacial score (nSPS) is 21.0. The van der Waals surface area contributed by atoms with Gasteiger partial charge in [-0.25, -0.2) is 0 Å². The summed E-state index contributed by atoms with van der Waals surface area (Å²) in [7, 11) is 0. The molecule has 0 unspecified atom stereocenters. The molecule has 1 fully saturated rings. The van der Waals surface area contributed by atoms with Crippen LogP contribution in [0.15, 0.2) is 18.2 Å².